The lowest BCUT2D eigenvalue weighted by Gasteiger charge is -2.31. The van der Waals surface area contributed by atoms with Gasteiger partial charge in [-0.25, -0.2) is 0 Å². The summed E-state index contributed by atoms with van der Waals surface area (Å²) >= 11 is 0. The van der Waals surface area contributed by atoms with Gasteiger partial charge >= 0.3 is 6.18 Å². The summed E-state index contributed by atoms with van der Waals surface area (Å²) in [6.45, 7) is 0.372. The Labute approximate surface area is 153 Å². The van der Waals surface area contributed by atoms with Crippen LogP contribution in [0.15, 0.2) is 24.3 Å². The summed E-state index contributed by atoms with van der Waals surface area (Å²) in [5, 5.41) is 2.93. The van der Waals surface area contributed by atoms with Crippen molar-refractivity contribution in [3.63, 3.8) is 0 Å². The van der Waals surface area contributed by atoms with Crippen LogP contribution in [0.1, 0.15) is 24.8 Å². The number of alkyl halides is 3. The average molecular weight is 371 g/mol. The predicted octanol–water partition coefficient (Wildman–Crippen LogP) is 3.08. The number of piperidine rings is 1. The molecule has 0 bridgehead atoms. The van der Waals surface area contributed by atoms with Gasteiger partial charge in [0.15, 0.2) is 0 Å². The number of nitrogens with zero attached hydrogens (tertiary/aromatic N) is 2. The Bertz CT molecular complexity index is 564. The van der Waals surface area contributed by atoms with Crippen LogP contribution in [0.4, 0.5) is 18.9 Å². The summed E-state index contributed by atoms with van der Waals surface area (Å²) < 4.78 is 37.1. The van der Waals surface area contributed by atoms with Crippen molar-refractivity contribution in [1.82, 2.24) is 10.2 Å². The lowest BCUT2D eigenvalue weighted by molar-refractivity contribution is -0.149. The van der Waals surface area contributed by atoms with E-state index >= 15 is 0 Å². The largest absolute Gasteiger partial charge is 0.401 e. The molecule has 0 atom stereocenters. The molecule has 4 nitrogen and oxygen atoms in total. The lowest BCUT2D eigenvalue weighted by atomic mass is 9.96. The van der Waals surface area contributed by atoms with E-state index in [4.69, 9.17) is 0 Å². The Morgan fingerprint density at radius 1 is 1.19 bits per heavy atom. The van der Waals surface area contributed by atoms with E-state index in [1.807, 2.05) is 19.0 Å². The van der Waals surface area contributed by atoms with Gasteiger partial charge in [0.05, 0.1) is 6.54 Å². The number of amides is 1. The number of likely N-dealkylation sites (tertiary alicyclic amines) is 1. The Morgan fingerprint density at radius 3 is 2.35 bits per heavy atom. The number of hydrogen-bond donors (Lipinski definition) is 1. The predicted molar refractivity (Wildman–Crippen MR) is 97.3 cm³/mol. The van der Waals surface area contributed by atoms with Gasteiger partial charge in [0.25, 0.3) is 0 Å². The molecule has 7 heteroatoms. The minimum absolute atomic E-state index is 0.0281. The molecule has 26 heavy (non-hydrogen) atoms. The first kappa shape index (κ1) is 20.6. The first-order chi connectivity index (χ1) is 12.2. The number of anilines is 1. The molecule has 1 heterocycles. The summed E-state index contributed by atoms with van der Waals surface area (Å²) in [5.41, 5.74) is 2.38. The number of halogens is 3. The zero-order valence-electron chi connectivity index (χ0n) is 15.5. The van der Waals surface area contributed by atoms with Gasteiger partial charge in [-0.1, -0.05) is 12.1 Å². The van der Waals surface area contributed by atoms with Gasteiger partial charge in [-0.15, -0.1) is 0 Å². The molecule has 1 aliphatic rings. The quantitative estimate of drug-likeness (QED) is 0.749. The molecule has 2 rings (SSSR count). The van der Waals surface area contributed by atoms with Crippen LogP contribution in [-0.4, -0.2) is 57.3 Å². The second-order valence-electron chi connectivity index (χ2n) is 7.12. The molecular weight excluding hydrogens is 343 g/mol. The molecule has 0 spiro atoms. The monoisotopic (exact) mass is 371 g/mol. The van der Waals surface area contributed by atoms with Crippen molar-refractivity contribution in [2.45, 2.75) is 31.9 Å². The molecule has 1 saturated heterocycles. The molecule has 1 aromatic rings. The van der Waals surface area contributed by atoms with Crippen molar-refractivity contribution in [3.05, 3.63) is 29.8 Å². The van der Waals surface area contributed by atoms with Crippen molar-refractivity contribution < 1.29 is 18.0 Å². The highest BCUT2D eigenvalue weighted by Crippen LogP contribution is 2.22. The molecule has 0 radical (unpaired) electrons. The van der Waals surface area contributed by atoms with E-state index in [1.54, 1.807) is 0 Å². The molecule has 1 fully saturated rings. The number of aryl methyl sites for hydroxylation is 1. The highest BCUT2D eigenvalue weighted by molar-refractivity contribution is 5.78. The van der Waals surface area contributed by atoms with E-state index in [0.717, 1.165) is 18.5 Å². The average Bonchev–Trinajstić information content (AvgIpc) is 2.58. The Hall–Kier alpha value is -1.76. The summed E-state index contributed by atoms with van der Waals surface area (Å²) in [6, 6.07) is 8.33. The van der Waals surface area contributed by atoms with Crippen LogP contribution < -0.4 is 10.2 Å². The molecule has 0 aromatic heterocycles. The number of carbonyl (C=O) groups is 1. The third-order valence-electron chi connectivity index (χ3n) is 4.76. The lowest BCUT2D eigenvalue weighted by Crippen LogP contribution is -2.43. The van der Waals surface area contributed by atoms with Crippen molar-refractivity contribution in [1.29, 1.82) is 0 Å². The first-order valence-electron chi connectivity index (χ1n) is 9.07. The smallest absolute Gasteiger partial charge is 0.378 e. The minimum atomic E-state index is -4.17. The molecule has 0 saturated carbocycles. The third-order valence-corrected chi connectivity index (χ3v) is 4.76. The molecule has 1 aliphatic heterocycles. The van der Waals surface area contributed by atoms with Gasteiger partial charge in [0, 0.05) is 32.2 Å². The maximum Gasteiger partial charge on any atom is 0.401 e. The van der Waals surface area contributed by atoms with E-state index in [9.17, 15) is 18.0 Å². The van der Waals surface area contributed by atoms with Crippen molar-refractivity contribution in [3.8, 4) is 0 Å². The number of hydrogen-bond acceptors (Lipinski definition) is 3. The minimum Gasteiger partial charge on any atom is -0.378 e. The molecular formula is C19H28F3N3O. The fourth-order valence-corrected chi connectivity index (χ4v) is 3.22. The summed E-state index contributed by atoms with van der Waals surface area (Å²) in [7, 11) is 4.00. The van der Waals surface area contributed by atoms with Crippen LogP contribution in [0.3, 0.4) is 0 Å². The number of carbonyl (C=O) groups excluding carboxylic acids is 1. The highest BCUT2D eigenvalue weighted by Gasteiger charge is 2.33. The summed E-state index contributed by atoms with van der Waals surface area (Å²) in [4.78, 5) is 15.6. The number of nitrogens with one attached hydrogen (secondary N) is 1. The molecule has 1 N–H and O–H groups in total. The van der Waals surface area contributed by atoms with Gasteiger partial charge in [-0.3, -0.25) is 9.69 Å². The van der Waals surface area contributed by atoms with Gasteiger partial charge in [-0.2, -0.15) is 13.2 Å². The van der Waals surface area contributed by atoms with Crippen molar-refractivity contribution >= 4 is 11.6 Å². The fraction of sp³-hybridized carbons (Fsp3) is 0.632. The van der Waals surface area contributed by atoms with E-state index in [0.29, 0.717) is 32.5 Å². The fourth-order valence-electron chi connectivity index (χ4n) is 3.22. The summed E-state index contributed by atoms with van der Waals surface area (Å²) in [5.74, 6) is -0.196. The van der Waals surface area contributed by atoms with Gasteiger partial charge < -0.3 is 10.2 Å². The van der Waals surface area contributed by atoms with Crippen LogP contribution in [-0.2, 0) is 11.2 Å². The molecule has 1 amide bonds. The van der Waals surface area contributed by atoms with Gasteiger partial charge in [0.2, 0.25) is 5.91 Å². The van der Waals surface area contributed by atoms with E-state index in [2.05, 4.69) is 29.6 Å². The normalized spacial score (nSPS) is 16.5. The van der Waals surface area contributed by atoms with E-state index in [-0.39, 0.29) is 11.8 Å². The highest BCUT2D eigenvalue weighted by atomic mass is 19.4. The second kappa shape index (κ2) is 9.26. The van der Waals surface area contributed by atoms with Crippen LogP contribution >= 0.6 is 0 Å². The maximum atomic E-state index is 12.4. The standard InChI is InChI=1S/C19H28F3N3O/c1-24(2)17-7-5-15(6-8-17)4-3-11-23-18(26)16-9-12-25(13-10-16)14-19(20,21)22/h5-8,16H,3-4,9-14H2,1-2H3,(H,23,26). The second-order valence-corrected chi connectivity index (χ2v) is 7.12. The Morgan fingerprint density at radius 2 is 1.81 bits per heavy atom. The van der Waals surface area contributed by atoms with Gasteiger partial charge in [-0.05, 0) is 56.5 Å². The van der Waals surface area contributed by atoms with Crippen LogP contribution in [0.2, 0.25) is 0 Å². The zero-order valence-corrected chi connectivity index (χ0v) is 15.5. The number of rotatable bonds is 7. The molecule has 1 aromatic carbocycles. The van der Waals surface area contributed by atoms with Crippen LogP contribution in [0.25, 0.3) is 0 Å². The van der Waals surface area contributed by atoms with E-state index in [1.165, 1.54) is 10.5 Å². The first-order valence-corrected chi connectivity index (χ1v) is 9.07. The van der Waals surface area contributed by atoms with Crippen molar-refractivity contribution in [2.75, 3.05) is 45.2 Å². The summed E-state index contributed by atoms with van der Waals surface area (Å²) in [6.07, 6.45) is -1.44. The molecule has 0 aliphatic carbocycles. The third kappa shape index (κ3) is 6.86. The van der Waals surface area contributed by atoms with Crippen LogP contribution in [0.5, 0.6) is 0 Å². The van der Waals surface area contributed by atoms with Gasteiger partial charge in [0.1, 0.15) is 0 Å². The molecule has 0 unspecified atom stereocenters. The number of benzene rings is 1. The van der Waals surface area contributed by atoms with E-state index < -0.39 is 12.7 Å². The Kier molecular flexibility index (Phi) is 7.32. The maximum absolute atomic E-state index is 12.4. The topological polar surface area (TPSA) is 35.6 Å². The zero-order chi connectivity index (χ0) is 19.2. The van der Waals surface area contributed by atoms with Crippen LogP contribution in [0, 0.1) is 5.92 Å². The molecule has 146 valence electrons. The Balaban J connectivity index is 1.63. The SMILES string of the molecule is CN(C)c1ccc(CCCNC(=O)C2CCN(CC(F)(F)F)CC2)cc1. The van der Waals surface area contributed by atoms with Crippen molar-refractivity contribution in [2.24, 2.45) is 5.92 Å².